The number of rotatable bonds is 4. The Hall–Kier alpha value is -2.85. The molecule has 3 aromatic rings. The number of anilines is 1. The first-order chi connectivity index (χ1) is 11.7. The summed E-state index contributed by atoms with van der Waals surface area (Å²) in [4.78, 5) is 16.2. The van der Waals surface area contributed by atoms with Crippen molar-refractivity contribution in [2.45, 2.75) is 6.54 Å². The number of carbonyl (C=O) groups is 1. The van der Waals surface area contributed by atoms with Gasteiger partial charge in [0.25, 0.3) is 0 Å². The minimum atomic E-state index is -0.270. The number of urea groups is 1. The van der Waals surface area contributed by atoms with Crippen molar-refractivity contribution in [3.63, 3.8) is 0 Å². The van der Waals surface area contributed by atoms with E-state index in [1.807, 2.05) is 60.7 Å². The summed E-state index contributed by atoms with van der Waals surface area (Å²) in [5, 5.41) is 6.14. The molecule has 2 aromatic carbocycles. The summed E-state index contributed by atoms with van der Waals surface area (Å²) in [6.45, 7) is 0.378. The summed E-state index contributed by atoms with van der Waals surface area (Å²) in [6.07, 6.45) is 1.64. The fourth-order valence-electron chi connectivity index (χ4n) is 2.32. The monoisotopic (exact) mass is 337 g/mol. The van der Waals surface area contributed by atoms with Crippen LogP contribution in [0.15, 0.2) is 72.9 Å². The first kappa shape index (κ1) is 16.0. The number of hydrogen-bond donors (Lipinski definition) is 2. The number of aromatic nitrogens is 1. The zero-order valence-corrected chi connectivity index (χ0v) is 13.6. The van der Waals surface area contributed by atoms with E-state index in [-0.39, 0.29) is 6.03 Å². The summed E-state index contributed by atoms with van der Waals surface area (Å²) < 4.78 is 0. The largest absolute Gasteiger partial charge is 0.334 e. The van der Waals surface area contributed by atoms with Crippen LogP contribution < -0.4 is 10.6 Å². The van der Waals surface area contributed by atoms with Crippen molar-refractivity contribution in [2.75, 3.05) is 5.32 Å². The van der Waals surface area contributed by atoms with Gasteiger partial charge in [-0.15, -0.1) is 0 Å². The van der Waals surface area contributed by atoms with E-state index in [0.29, 0.717) is 11.7 Å². The van der Waals surface area contributed by atoms with Crippen molar-refractivity contribution in [3.8, 4) is 11.1 Å². The van der Waals surface area contributed by atoms with E-state index >= 15 is 0 Å². The van der Waals surface area contributed by atoms with Crippen molar-refractivity contribution in [1.82, 2.24) is 10.3 Å². The maximum atomic E-state index is 12.2. The summed E-state index contributed by atoms with van der Waals surface area (Å²) >= 11 is 5.75. The molecule has 5 heteroatoms. The Balaban J connectivity index is 1.67. The highest BCUT2D eigenvalue weighted by atomic mass is 35.5. The van der Waals surface area contributed by atoms with Crippen LogP contribution >= 0.6 is 11.6 Å². The van der Waals surface area contributed by atoms with Crippen LogP contribution in [0.5, 0.6) is 0 Å². The van der Waals surface area contributed by atoms with Gasteiger partial charge in [-0.3, -0.25) is 0 Å². The predicted molar refractivity (Wildman–Crippen MR) is 97.0 cm³/mol. The first-order valence-corrected chi connectivity index (χ1v) is 7.90. The standard InChI is InChI=1S/C19H16ClN3O/c20-18-11-10-14(12-21-18)13-22-19(24)23-17-9-5-4-8-16(17)15-6-2-1-3-7-15/h1-12H,13H2,(H2,22,23,24). The maximum Gasteiger partial charge on any atom is 0.319 e. The second-order valence-electron chi connectivity index (χ2n) is 5.21. The van der Waals surface area contributed by atoms with Crippen LogP contribution in [-0.2, 0) is 6.54 Å². The first-order valence-electron chi connectivity index (χ1n) is 7.52. The fraction of sp³-hybridized carbons (Fsp3) is 0.0526. The van der Waals surface area contributed by atoms with Gasteiger partial charge < -0.3 is 10.6 Å². The molecule has 4 nitrogen and oxygen atoms in total. The van der Waals surface area contributed by atoms with Gasteiger partial charge in [0.15, 0.2) is 0 Å². The highest BCUT2D eigenvalue weighted by molar-refractivity contribution is 6.29. The smallest absolute Gasteiger partial charge is 0.319 e. The van der Waals surface area contributed by atoms with Crippen molar-refractivity contribution >= 4 is 23.3 Å². The van der Waals surface area contributed by atoms with Gasteiger partial charge in [0, 0.05) is 18.3 Å². The number of nitrogens with zero attached hydrogens (tertiary/aromatic N) is 1. The molecule has 0 unspecified atom stereocenters. The molecule has 2 N–H and O–H groups in total. The minimum Gasteiger partial charge on any atom is -0.334 e. The average molecular weight is 338 g/mol. The van der Waals surface area contributed by atoms with E-state index in [4.69, 9.17) is 11.6 Å². The molecule has 0 aliphatic carbocycles. The van der Waals surface area contributed by atoms with Gasteiger partial charge in [0.1, 0.15) is 5.15 Å². The van der Waals surface area contributed by atoms with Crippen LogP contribution in [0.2, 0.25) is 5.15 Å². The zero-order valence-electron chi connectivity index (χ0n) is 12.9. The third-order valence-corrected chi connectivity index (χ3v) is 3.73. The van der Waals surface area contributed by atoms with Gasteiger partial charge in [-0.1, -0.05) is 66.2 Å². The molecule has 0 radical (unpaired) electrons. The van der Waals surface area contributed by atoms with E-state index < -0.39 is 0 Å². The number of carbonyl (C=O) groups excluding carboxylic acids is 1. The van der Waals surface area contributed by atoms with E-state index in [0.717, 1.165) is 22.4 Å². The topological polar surface area (TPSA) is 54.0 Å². The lowest BCUT2D eigenvalue weighted by Crippen LogP contribution is -2.28. The summed E-state index contributed by atoms with van der Waals surface area (Å²) in [5.74, 6) is 0. The van der Waals surface area contributed by atoms with Gasteiger partial charge >= 0.3 is 6.03 Å². The Bertz CT molecular complexity index is 820. The van der Waals surface area contributed by atoms with Crippen LogP contribution in [0.3, 0.4) is 0 Å². The lowest BCUT2D eigenvalue weighted by molar-refractivity contribution is 0.251. The van der Waals surface area contributed by atoms with Crippen LogP contribution in [0.25, 0.3) is 11.1 Å². The van der Waals surface area contributed by atoms with Crippen molar-refractivity contribution in [3.05, 3.63) is 83.6 Å². The molecule has 0 spiro atoms. The van der Waals surface area contributed by atoms with E-state index in [1.54, 1.807) is 12.3 Å². The number of hydrogen-bond acceptors (Lipinski definition) is 2. The molecular weight excluding hydrogens is 322 g/mol. The zero-order chi connectivity index (χ0) is 16.8. The molecular formula is C19H16ClN3O. The Labute approximate surface area is 145 Å². The number of para-hydroxylation sites is 1. The van der Waals surface area contributed by atoms with Gasteiger partial charge in [-0.05, 0) is 23.3 Å². The third-order valence-electron chi connectivity index (χ3n) is 3.50. The molecule has 0 aliphatic heterocycles. The van der Waals surface area contributed by atoms with E-state index in [9.17, 15) is 4.79 Å². The molecule has 0 bridgehead atoms. The minimum absolute atomic E-state index is 0.270. The molecule has 1 aromatic heterocycles. The summed E-state index contributed by atoms with van der Waals surface area (Å²) in [5.41, 5.74) is 3.66. The molecule has 0 saturated heterocycles. The second kappa shape index (κ2) is 7.62. The molecule has 0 aliphatic rings. The number of nitrogens with one attached hydrogen (secondary N) is 2. The SMILES string of the molecule is O=C(NCc1ccc(Cl)nc1)Nc1ccccc1-c1ccccc1. The third kappa shape index (κ3) is 4.12. The van der Waals surface area contributed by atoms with E-state index in [2.05, 4.69) is 15.6 Å². The number of benzene rings is 2. The molecule has 0 atom stereocenters. The summed E-state index contributed by atoms with van der Waals surface area (Å²) in [7, 11) is 0. The Kier molecular flexibility index (Phi) is 5.08. The van der Waals surface area contributed by atoms with Crippen molar-refractivity contribution in [1.29, 1.82) is 0 Å². The molecule has 3 rings (SSSR count). The molecule has 120 valence electrons. The molecule has 1 heterocycles. The van der Waals surface area contributed by atoms with Crippen LogP contribution in [-0.4, -0.2) is 11.0 Å². The van der Waals surface area contributed by atoms with Crippen LogP contribution in [0.4, 0.5) is 10.5 Å². The van der Waals surface area contributed by atoms with Crippen molar-refractivity contribution in [2.24, 2.45) is 0 Å². The predicted octanol–water partition coefficient (Wildman–Crippen LogP) is 4.72. The second-order valence-corrected chi connectivity index (χ2v) is 5.60. The van der Waals surface area contributed by atoms with Crippen molar-refractivity contribution < 1.29 is 4.79 Å². The van der Waals surface area contributed by atoms with Gasteiger partial charge in [-0.25, -0.2) is 9.78 Å². The van der Waals surface area contributed by atoms with E-state index in [1.165, 1.54) is 0 Å². The Morgan fingerprint density at radius 3 is 2.46 bits per heavy atom. The lowest BCUT2D eigenvalue weighted by atomic mass is 10.0. The maximum absolute atomic E-state index is 12.2. The van der Waals surface area contributed by atoms with Crippen LogP contribution in [0, 0.1) is 0 Å². The highest BCUT2D eigenvalue weighted by Crippen LogP contribution is 2.27. The average Bonchev–Trinajstić information content (AvgIpc) is 2.62. The number of halogens is 1. The fourth-order valence-corrected chi connectivity index (χ4v) is 2.43. The molecule has 0 saturated carbocycles. The lowest BCUT2D eigenvalue weighted by Gasteiger charge is -2.12. The number of amides is 2. The number of pyridine rings is 1. The Morgan fingerprint density at radius 2 is 1.71 bits per heavy atom. The highest BCUT2D eigenvalue weighted by Gasteiger charge is 2.07. The van der Waals surface area contributed by atoms with Gasteiger partial charge in [0.05, 0.1) is 5.69 Å². The van der Waals surface area contributed by atoms with Gasteiger partial charge in [0.2, 0.25) is 0 Å². The Morgan fingerprint density at radius 1 is 0.958 bits per heavy atom. The quantitative estimate of drug-likeness (QED) is 0.676. The molecule has 2 amide bonds. The molecule has 24 heavy (non-hydrogen) atoms. The normalized spacial score (nSPS) is 10.2. The molecule has 0 fully saturated rings. The van der Waals surface area contributed by atoms with Gasteiger partial charge in [-0.2, -0.15) is 0 Å². The summed E-state index contributed by atoms with van der Waals surface area (Å²) in [6, 6.07) is 20.9. The van der Waals surface area contributed by atoms with Crippen LogP contribution in [0.1, 0.15) is 5.56 Å².